The number of aryl methyl sites for hydroxylation is 1. The maximum absolute atomic E-state index is 13.6. The van der Waals surface area contributed by atoms with Crippen molar-refractivity contribution in [2.24, 2.45) is 11.8 Å². The van der Waals surface area contributed by atoms with Crippen molar-refractivity contribution in [3.63, 3.8) is 0 Å². The Morgan fingerprint density at radius 2 is 2.17 bits per heavy atom. The number of rotatable bonds is 4. The van der Waals surface area contributed by atoms with Crippen LogP contribution in [0.1, 0.15) is 36.4 Å². The number of hydrazine groups is 1. The molecule has 1 atom stereocenters. The molecule has 0 spiro atoms. The highest BCUT2D eigenvalue weighted by Gasteiger charge is 2.20. The Hall–Kier alpha value is -0.970. The van der Waals surface area contributed by atoms with Crippen LogP contribution in [-0.2, 0) is 4.74 Å². The van der Waals surface area contributed by atoms with E-state index in [0.29, 0.717) is 11.5 Å². The lowest BCUT2D eigenvalue weighted by Crippen LogP contribution is -2.31. The van der Waals surface area contributed by atoms with Crippen molar-refractivity contribution in [2.75, 3.05) is 13.2 Å². The normalized spacial score (nSPS) is 18.8. The lowest BCUT2D eigenvalue weighted by molar-refractivity contribution is 0.0605. The molecular weight excluding hydrogens is 231 g/mol. The van der Waals surface area contributed by atoms with E-state index >= 15 is 0 Å². The zero-order valence-corrected chi connectivity index (χ0v) is 10.8. The van der Waals surface area contributed by atoms with Crippen molar-refractivity contribution in [2.45, 2.75) is 32.2 Å². The predicted molar refractivity (Wildman–Crippen MR) is 69.4 cm³/mol. The van der Waals surface area contributed by atoms with Crippen molar-refractivity contribution < 1.29 is 9.13 Å². The minimum atomic E-state index is -0.167. The smallest absolute Gasteiger partial charge is 0.126 e. The summed E-state index contributed by atoms with van der Waals surface area (Å²) in [5.74, 6) is 6.04. The number of hydrogen-bond donors (Lipinski definition) is 2. The van der Waals surface area contributed by atoms with Gasteiger partial charge in [0.1, 0.15) is 5.82 Å². The highest BCUT2D eigenvalue weighted by atomic mass is 19.1. The first-order chi connectivity index (χ1) is 8.70. The minimum Gasteiger partial charge on any atom is -0.381 e. The van der Waals surface area contributed by atoms with E-state index in [4.69, 9.17) is 10.6 Å². The standard InChI is InChI=1S/C14H21FN2O/c1-10-2-3-12(9-13(10)15)14(17-16)8-11-4-6-18-7-5-11/h2-3,9,11,14,17H,4-8,16H2,1H3. The van der Waals surface area contributed by atoms with Gasteiger partial charge in [0.25, 0.3) is 0 Å². The van der Waals surface area contributed by atoms with E-state index in [0.717, 1.165) is 38.0 Å². The SMILES string of the molecule is Cc1ccc(C(CC2CCOCC2)NN)cc1F. The molecule has 1 aliphatic rings. The van der Waals surface area contributed by atoms with Gasteiger partial charge in [-0.3, -0.25) is 11.3 Å². The van der Waals surface area contributed by atoms with E-state index in [-0.39, 0.29) is 11.9 Å². The Kier molecular flexibility index (Phi) is 4.69. The molecule has 0 radical (unpaired) electrons. The van der Waals surface area contributed by atoms with Crippen molar-refractivity contribution in [3.05, 3.63) is 35.1 Å². The average Bonchev–Trinajstić information content (AvgIpc) is 2.40. The number of halogens is 1. The summed E-state index contributed by atoms with van der Waals surface area (Å²) in [7, 11) is 0. The molecule has 0 bridgehead atoms. The molecule has 0 saturated carbocycles. The van der Waals surface area contributed by atoms with Crippen LogP contribution in [0.15, 0.2) is 18.2 Å². The van der Waals surface area contributed by atoms with Gasteiger partial charge in [-0.05, 0) is 49.3 Å². The van der Waals surface area contributed by atoms with E-state index in [1.54, 1.807) is 19.1 Å². The summed E-state index contributed by atoms with van der Waals surface area (Å²) in [5.41, 5.74) is 4.40. The predicted octanol–water partition coefficient (Wildman–Crippen LogP) is 2.46. The summed E-state index contributed by atoms with van der Waals surface area (Å²) < 4.78 is 18.9. The van der Waals surface area contributed by atoms with Gasteiger partial charge in [-0.1, -0.05) is 12.1 Å². The summed E-state index contributed by atoms with van der Waals surface area (Å²) in [5, 5.41) is 0. The first-order valence-corrected chi connectivity index (χ1v) is 6.50. The van der Waals surface area contributed by atoms with E-state index < -0.39 is 0 Å². The molecule has 1 aromatic carbocycles. The molecule has 2 rings (SSSR count). The molecule has 1 heterocycles. The highest BCUT2D eigenvalue weighted by molar-refractivity contribution is 5.25. The van der Waals surface area contributed by atoms with Gasteiger partial charge in [-0.2, -0.15) is 0 Å². The molecular formula is C14H21FN2O. The van der Waals surface area contributed by atoms with Crippen LogP contribution in [0, 0.1) is 18.7 Å². The first-order valence-electron chi connectivity index (χ1n) is 6.50. The van der Waals surface area contributed by atoms with Crippen LogP contribution in [0.3, 0.4) is 0 Å². The lowest BCUT2D eigenvalue weighted by atomic mass is 9.89. The molecule has 1 unspecified atom stereocenters. The van der Waals surface area contributed by atoms with Crippen molar-refractivity contribution in [1.82, 2.24) is 5.43 Å². The second kappa shape index (κ2) is 6.27. The van der Waals surface area contributed by atoms with Gasteiger partial charge in [-0.25, -0.2) is 4.39 Å². The zero-order chi connectivity index (χ0) is 13.0. The monoisotopic (exact) mass is 252 g/mol. The Labute approximate surface area is 107 Å². The molecule has 100 valence electrons. The van der Waals surface area contributed by atoms with Crippen molar-refractivity contribution >= 4 is 0 Å². The number of benzene rings is 1. The van der Waals surface area contributed by atoms with E-state index in [2.05, 4.69) is 5.43 Å². The molecule has 4 heteroatoms. The summed E-state index contributed by atoms with van der Waals surface area (Å²) in [4.78, 5) is 0. The molecule has 0 aromatic heterocycles. The summed E-state index contributed by atoms with van der Waals surface area (Å²) in [6, 6.07) is 5.35. The Morgan fingerprint density at radius 3 is 2.78 bits per heavy atom. The minimum absolute atomic E-state index is 0.0169. The fraction of sp³-hybridized carbons (Fsp3) is 0.571. The largest absolute Gasteiger partial charge is 0.381 e. The van der Waals surface area contributed by atoms with E-state index in [1.807, 2.05) is 6.07 Å². The Morgan fingerprint density at radius 1 is 1.44 bits per heavy atom. The quantitative estimate of drug-likeness (QED) is 0.639. The van der Waals surface area contributed by atoms with Gasteiger partial charge in [0.2, 0.25) is 0 Å². The summed E-state index contributed by atoms with van der Waals surface area (Å²) in [6.07, 6.45) is 3.06. The molecule has 0 amide bonds. The summed E-state index contributed by atoms with van der Waals surface area (Å²) in [6.45, 7) is 3.41. The molecule has 1 aromatic rings. The number of ether oxygens (including phenoxy) is 1. The first kappa shape index (κ1) is 13.5. The van der Waals surface area contributed by atoms with Crippen LogP contribution in [0.2, 0.25) is 0 Å². The summed E-state index contributed by atoms with van der Waals surface area (Å²) >= 11 is 0. The molecule has 3 N–H and O–H groups in total. The van der Waals surface area contributed by atoms with Crippen LogP contribution >= 0.6 is 0 Å². The third-order valence-electron chi connectivity index (χ3n) is 3.71. The van der Waals surface area contributed by atoms with Gasteiger partial charge in [-0.15, -0.1) is 0 Å². The maximum Gasteiger partial charge on any atom is 0.126 e. The average molecular weight is 252 g/mol. The van der Waals surface area contributed by atoms with Gasteiger partial charge in [0.05, 0.1) is 0 Å². The second-order valence-electron chi connectivity index (χ2n) is 5.02. The topological polar surface area (TPSA) is 47.3 Å². The zero-order valence-electron chi connectivity index (χ0n) is 10.8. The van der Waals surface area contributed by atoms with Gasteiger partial charge < -0.3 is 4.74 Å². The van der Waals surface area contributed by atoms with Crippen LogP contribution in [0.5, 0.6) is 0 Å². The molecule has 1 saturated heterocycles. The molecule has 18 heavy (non-hydrogen) atoms. The third-order valence-corrected chi connectivity index (χ3v) is 3.71. The van der Waals surface area contributed by atoms with Crippen molar-refractivity contribution in [3.8, 4) is 0 Å². The van der Waals surface area contributed by atoms with E-state index in [1.165, 1.54) is 0 Å². The van der Waals surface area contributed by atoms with E-state index in [9.17, 15) is 4.39 Å². The Balaban J connectivity index is 2.04. The van der Waals surface area contributed by atoms with Crippen LogP contribution in [0.4, 0.5) is 4.39 Å². The Bertz CT molecular complexity index is 391. The van der Waals surface area contributed by atoms with Crippen molar-refractivity contribution in [1.29, 1.82) is 0 Å². The highest BCUT2D eigenvalue weighted by Crippen LogP contribution is 2.27. The molecule has 1 fully saturated rings. The maximum atomic E-state index is 13.6. The fourth-order valence-electron chi connectivity index (χ4n) is 2.44. The second-order valence-corrected chi connectivity index (χ2v) is 5.02. The molecule has 0 aliphatic carbocycles. The van der Waals surface area contributed by atoms with Crippen LogP contribution in [0.25, 0.3) is 0 Å². The van der Waals surface area contributed by atoms with Gasteiger partial charge in [0, 0.05) is 19.3 Å². The molecule has 3 nitrogen and oxygen atoms in total. The van der Waals surface area contributed by atoms with Gasteiger partial charge in [0.15, 0.2) is 0 Å². The lowest BCUT2D eigenvalue weighted by Gasteiger charge is -2.26. The van der Waals surface area contributed by atoms with Crippen LogP contribution in [-0.4, -0.2) is 13.2 Å². The number of nitrogens with one attached hydrogen (secondary N) is 1. The molecule has 1 aliphatic heterocycles. The van der Waals surface area contributed by atoms with Crippen LogP contribution < -0.4 is 11.3 Å². The fourth-order valence-corrected chi connectivity index (χ4v) is 2.44. The number of hydrogen-bond acceptors (Lipinski definition) is 3. The van der Waals surface area contributed by atoms with Gasteiger partial charge >= 0.3 is 0 Å². The number of nitrogens with two attached hydrogens (primary N) is 1. The third kappa shape index (κ3) is 3.28.